The minimum absolute atomic E-state index is 0.172. The fourth-order valence-electron chi connectivity index (χ4n) is 2.44. The molecule has 1 fully saturated rings. The van der Waals surface area contributed by atoms with Crippen LogP contribution >= 0.6 is 0 Å². The SMILES string of the molecule is OC1COC(COCc2ccc3ccccc3c2)C1O. The van der Waals surface area contributed by atoms with Crippen LogP contribution in [-0.4, -0.2) is 41.7 Å². The maximum Gasteiger partial charge on any atom is 0.110 e. The molecule has 106 valence electrons. The summed E-state index contributed by atoms with van der Waals surface area (Å²) in [5, 5.41) is 21.4. The Bertz CT molecular complexity index is 583. The van der Waals surface area contributed by atoms with Crippen molar-refractivity contribution in [2.45, 2.75) is 24.9 Å². The van der Waals surface area contributed by atoms with Crippen LogP contribution in [0.1, 0.15) is 5.56 Å². The summed E-state index contributed by atoms with van der Waals surface area (Å²) in [6, 6.07) is 14.4. The van der Waals surface area contributed by atoms with Crippen LogP contribution < -0.4 is 0 Å². The molecule has 0 spiro atoms. The summed E-state index contributed by atoms with van der Waals surface area (Å²) in [6.07, 6.45) is -2.10. The summed E-state index contributed by atoms with van der Waals surface area (Å²) in [5.41, 5.74) is 1.08. The number of hydrogen-bond acceptors (Lipinski definition) is 4. The molecule has 3 atom stereocenters. The van der Waals surface area contributed by atoms with E-state index in [0.717, 1.165) is 5.56 Å². The Balaban J connectivity index is 1.57. The van der Waals surface area contributed by atoms with Crippen LogP contribution in [0.5, 0.6) is 0 Å². The lowest BCUT2D eigenvalue weighted by Crippen LogP contribution is -2.32. The van der Waals surface area contributed by atoms with Gasteiger partial charge in [-0.3, -0.25) is 0 Å². The van der Waals surface area contributed by atoms with Crippen molar-refractivity contribution < 1.29 is 19.7 Å². The van der Waals surface area contributed by atoms with Crippen molar-refractivity contribution in [3.8, 4) is 0 Å². The fourth-order valence-corrected chi connectivity index (χ4v) is 2.44. The van der Waals surface area contributed by atoms with Gasteiger partial charge in [-0.2, -0.15) is 0 Å². The molecule has 0 aromatic heterocycles. The lowest BCUT2D eigenvalue weighted by molar-refractivity contribution is -0.0344. The van der Waals surface area contributed by atoms with Crippen LogP contribution in [0.2, 0.25) is 0 Å². The molecule has 2 aromatic carbocycles. The summed E-state index contributed by atoms with van der Waals surface area (Å²) in [5.74, 6) is 0. The van der Waals surface area contributed by atoms with Crippen LogP contribution in [-0.2, 0) is 16.1 Å². The van der Waals surface area contributed by atoms with Gasteiger partial charge in [0.2, 0.25) is 0 Å². The molecular formula is C16H18O4. The van der Waals surface area contributed by atoms with Crippen molar-refractivity contribution in [3.05, 3.63) is 48.0 Å². The molecule has 1 aliphatic heterocycles. The molecule has 0 radical (unpaired) electrons. The summed E-state index contributed by atoms with van der Waals surface area (Å²) in [7, 11) is 0. The normalized spacial score (nSPS) is 26.2. The van der Waals surface area contributed by atoms with Gasteiger partial charge in [0.25, 0.3) is 0 Å². The molecule has 1 saturated heterocycles. The Morgan fingerprint density at radius 2 is 1.90 bits per heavy atom. The third kappa shape index (κ3) is 2.83. The van der Waals surface area contributed by atoms with E-state index in [1.165, 1.54) is 10.8 Å². The molecule has 0 amide bonds. The number of rotatable bonds is 4. The maximum atomic E-state index is 9.64. The zero-order valence-corrected chi connectivity index (χ0v) is 11.1. The van der Waals surface area contributed by atoms with Crippen molar-refractivity contribution in [1.29, 1.82) is 0 Å². The Hall–Kier alpha value is -1.46. The monoisotopic (exact) mass is 274 g/mol. The van der Waals surface area contributed by atoms with Crippen molar-refractivity contribution >= 4 is 10.8 Å². The predicted molar refractivity (Wildman–Crippen MR) is 75.4 cm³/mol. The van der Waals surface area contributed by atoms with E-state index in [-0.39, 0.29) is 13.2 Å². The zero-order valence-electron chi connectivity index (χ0n) is 11.1. The molecule has 3 rings (SSSR count). The summed E-state index contributed by atoms with van der Waals surface area (Å²) in [6.45, 7) is 0.920. The zero-order chi connectivity index (χ0) is 13.9. The Morgan fingerprint density at radius 3 is 2.65 bits per heavy atom. The van der Waals surface area contributed by atoms with E-state index in [2.05, 4.69) is 24.3 Å². The number of aliphatic hydroxyl groups excluding tert-OH is 2. The number of aliphatic hydroxyl groups is 2. The summed E-state index contributed by atoms with van der Waals surface area (Å²) < 4.78 is 10.8. The number of fused-ring (bicyclic) bond motifs is 1. The van der Waals surface area contributed by atoms with Crippen molar-refractivity contribution in [2.75, 3.05) is 13.2 Å². The van der Waals surface area contributed by atoms with Crippen LogP contribution in [0.3, 0.4) is 0 Å². The second-order valence-corrected chi connectivity index (χ2v) is 5.13. The smallest absolute Gasteiger partial charge is 0.110 e. The highest BCUT2D eigenvalue weighted by atomic mass is 16.6. The first-order valence-corrected chi connectivity index (χ1v) is 6.77. The van der Waals surface area contributed by atoms with E-state index in [0.29, 0.717) is 6.61 Å². The van der Waals surface area contributed by atoms with Crippen molar-refractivity contribution in [2.24, 2.45) is 0 Å². The van der Waals surface area contributed by atoms with Crippen LogP contribution in [0.25, 0.3) is 10.8 Å². The highest BCUT2D eigenvalue weighted by Gasteiger charge is 2.34. The molecule has 3 unspecified atom stereocenters. The topological polar surface area (TPSA) is 58.9 Å². The van der Waals surface area contributed by atoms with Crippen molar-refractivity contribution in [1.82, 2.24) is 0 Å². The Morgan fingerprint density at radius 1 is 1.10 bits per heavy atom. The number of ether oxygens (including phenoxy) is 2. The highest BCUT2D eigenvalue weighted by Crippen LogP contribution is 2.18. The van der Waals surface area contributed by atoms with Gasteiger partial charge < -0.3 is 19.7 Å². The minimum atomic E-state index is -0.855. The second kappa shape index (κ2) is 5.89. The molecule has 2 aromatic rings. The van der Waals surface area contributed by atoms with Crippen LogP contribution in [0.4, 0.5) is 0 Å². The first-order valence-electron chi connectivity index (χ1n) is 6.77. The van der Waals surface area contributed by atoms with Gasteiger partial charge in [0.05, 0.1) is 19.8 Å². The molecular weight excluding hydrogens is 256 g/mol. The number of benzene rings is 2. The average Bonchev–Trinajstić information content (AvgIpc) is 2.79. The van der Waals surface area contributed by atoms with Gasteiger partial charge in [-0.25, -0.2) is 0 Å². The molecule has 1 heterocycles. The third-order valence-electron chi connectivity index (χ3n) is 3.62. The molecule has 20 heavy (non-hydrogen) atoms. The molecule has 0 bridgehead atoms. The Kier molecular flexibility index (Phi) is 3.98. The third-order valence-corrected chi connectivity index (χ3v) is 3.62. The molecule has 4 nitrogen and oxygen atoms in total. The van der Waals surface area contributed by atoms with E-state index in [4.69, 9.17) is 9.47 Å². The molecule has 4 heteroatoms. The lowest BCUT2D eigenvalue weighted by Gasteiger charge is -2.15. The average molecular weight is 274 g/mol. The highest BCUT2D eigenvalue weighted by molar-refractivity contribution is 5.82. The van der Waals surface area contributed by atoms with E-state index in [1.54, 1.807) is 0 Å². The van der Waals surface area contributed by atoms with E-state index < -0.39 is 18.3 Å². The lowest BCUT2D eigenvalue weighted by atomic mass is 10.1. The van der Waals surface area contributed by atoms with Gasteiger partial charge in [0.15, 0.2) is 0 Å². The molecule has 2 N–H and O–H groups in total. The van der Waals surface area contributed by atoms with Gasteiger partial charge in [0.1, 0.15) is 18.3 Å². The summed E-state index contributed by atoms with van der Waals surface area (Å²) in [4.78, 5) is 0. The van der Waals surface area contributed by atoms with Crippen LogP contribution in [0, 0.1) is 0 Å². The van der Waals surface area contributed by atoms with Gasteiger partial charge in [0, 0.05) is 0 Å². The summed E-state index contributed by atoms with van der Waals surface area (Å²) >= 11 is 0. The van der Waals surface area contributed by atoms with E-state index in [1.807, 2.05) is 18.2 Å². The number of hydrogen-bond donors (Lipinski definition) is 2. The maximum absolute atomic E-state index is 9.64. The van der Waals surface area contributed by atoms with Gasteiger partial charge >= 0.3 is 0 Å². The standard InChI is InChI=1S/C16H18O4/c17-14-9-20-15(16(14)18)10-19-8-11-5-6-12-3-1-2-4-13(12)7-11/h1-7,14-18H,8-10H2. The van der Waals surface area contributed by atoms with Gasteiger partial charge in [-0.05, 0) is 22.4 Å². The first-order chi connectivity index (χ1) is 9.74. The minimum Gasteiger partial charge on any atom is -0.388 e. The largest absolute Gasteiger partial charge is 0.388 e. The van der Waals surface area contributed by atoms with Gasteiger partial charge in [-0.15, -0.1) is 0 Å². The van der Waals surface area contributed by atoms with E-state index >= 15 is 0 Å². The van der Waals surface area contributed by atoms with Gasteiger partial charge in [-0.1, -0.05) is 36.4 Å². The molecule has 0 saturated carbocycles. The molecule has 1 aliphatic rings. The van der Waals surface area contributed by atoms with Crippen molar-refractivity contribution in [3.63, 3.8) is 0 Å². The predicted octanol–water partition coefficient (Wildman–Crippen LogP) is 1.48. The van der Waals surface area contributed by atoms with E-state index in [9.17, 15) is 10.2 Å². The first kappa shape index (κ1) is 13.5. The van der Waals surface area contributed by atoms with Crippen LogP contribution in [0.15, 0.2) is 42.5 Å². The quantitative estimate of drug-likeness (QED) is 0.886. The fraction of sp³-hybridized carbons (Fsp3) is 0.375. The Labute approximate surface area is 117 Å². The second-order valence-electron chi connectivity index (χ2n) is 5.13. The molecule has 0 aliphatic carbocycles.